The second-order valence-electron chi connectivity index (χ2n) is 5.14. The Morgan fingerprint density at radius 2 is 1.83 bits per heavy atom. The predicted octanol–water partition coefficient (Wildman–Crippen LogP) is -0.335. The summed E-state index contributed by atoms with van der Waals surface area (Å²) in [5.41, 5.74) is 6.56. The molecule has 1 atom stereocenters. The molecule has 0 spiro atoms. The minimum atomic E-state index is -0.970. The molecule has 134 valence electrons. The number of esters is 1. The summed E-state index contributed by atoms with van der Waals surface area (Å²) in [4.78, 5) is 38.6. The minimum absolute atomic E-state index is 0.0499. The van der Waals surface area contributed by atoms with Gasteiger partial charge >= 0.3 is 5.97 Å². The summed E-state index contributed by atoms with van der Waals surface area (Å²) in [6.07, 6.45) is 0. The molecule has 9 nitrogen and oxygen atoms in total. The van der Waals surface area contributed by atoms with Crippen molar-refractivity contribution in [3.63, 3.8) is 0 Å². The molecule has 9 heteroatoms. The number of primary amides is 1. The van der Waals surface area contributed by atoms with Crippen LogP contribution in [-0.2, 0) is 19.0 Å². The quantitative estimate of drug-likeness (QED) is 0.416. The molecule has 0 saturated heterocycles. The van der Waals surface area contributed by atoms with Crippen LogP contribution in [0.25, 0.3) is 0 Å². The second-order valence-corrected chi connectivity index (χ2v) is 5.14. The number of methoxy groups -OCH3 is 2. The molecule has 0 unspecified atom stereocenters. The smallest absolute Gasteiger partial charge is 0.340 e. The molecule has 1 heterocycles. The third-order valence-corrected chi connectivity index (χ3v) is 3.37. The number of aryl methyl sites for hydroxylation is 1. The molecule has 0 aliphatic carbocycles. The largest absolute Gasteiger partial charge is 0.460 e. The molecule has 0 aliphatic heterocycles. The van der Waals surface area contributed by atoms with E-state index < -0.39 is 23.8 Å². The van der Waals surface area contributed by atoms with Crippen LogP contribution in [0.1, 0.15) is 32.1 Å². The normalized spacial score (nSPS) is 11.8. The van der Waals surface area contributed by atoms with Crippen molar-refractivity contribution in [3.05, 3.63) is 22.5 Å². The van der Waals surface area contributed by atoms with Crippen LogP contribution in [0.2, 0.25) is 0 Å². The van der Waals surface area contributed by atoms with Crippen molar-refractivity contribution in [2.75, 3.05) is 34.0 Å². The van der Waals surface area contributed by atoms with E-state index >= 15 is 0 Å². The summed E-state index contributed by atoms with van der Waals surface area (Å²) < 4.78 is 14.7. The standard InChI is InChI=1S/C15H23N3O6/c1-8-11(15(21)24-6-5-22-3)9(2)17-12(8)14(20)18-10(7-23-4)13(16)19/h10,17H,5-7H2,1-4H3,(H2,16,19)(H,18,20)/t10-/m1/s1. The monoisotopic (exact) mass is 341 g/mol. The van der Waals surface area contributed by atoms with Gasteiger partial charge < -0.3 is 30.2 Å². The fraction of sp³-hybridized carbons (Fsp3) is 0.533. The molecular weight excluding hydrogens is 318 g/mol. The lowest BCUT2D eigenvalue weighted by Gasteiger charge is -2.14. The average molecular weight is 341 g/mol. The van der Waals surface area contributed by atoms with E-state index in [0.717, 1.165) is 0 Å². The van der Waals surface area contributed by atoms with Crippen LogP contribution in [0, 0.1) is 13.8 Å². The lowest BCUT2D eigenvalue weighted by molar-refractivity contribution is -0.121. The highest BCUT2D eigenvalue weighted by Crippen LogP contribution is 2.19. The fourth-order valence-corrected chi connectivity index (χ4v) is 2.17. The van der Waals surface area contributed by atoms with Crippen LogP contribution < -0.4 is 11.1 Å². The number of aromatic amines is 1. The van der Waals surface area contributed by atoms with Crippen LogP contribution in [0.3, 0.4) is 0 Å². The Hall–Kier alpha value is -2.39. The first-order valence-corrected chi connectivity index (χ1v) is 7.27. The van der Waals surface area contributed by atoms with Gasteiger partial charge in [-0.05, 0) is 19.4 Å². The predicted molar refractivity (Wildman–Crippen MR) is 84.7 cm³/mol. The van der Waals surface area contributed by atoms with Crippen molar-refractivity contribution in [2.24, 2.45) is 5.73 Å². The van der Waals surface area contributed by atoms with E-state index in [9.17, 15) is 14.4 Å². The van der Waals surface area contributed by atoms with Crippen LogP contribution in [0.4, 0.5) is 0 Å². The summed E-state index contributed by atoms with van der Waals surface area (Å²) in [6.45, 7) is 3.60. The van der Waals surface area contributed by atoms with Gasteiger partial charge in [-0.3, -0.25) is 9.59 Å². The molecule has 4 N–H and O–H groups in total. The summed E-state index contributed by atoms with van der Waals surface area (Å²) in [5.74, 6) is -1.83. The Balaban J connectivity index is 2.93. The highest BCUT2D eigenvalue weighted by molar-refractivity contribution is 6.01. The number of aromatic nitrogens is 1. The Kier molecular flexibility index (Phi) is 7.40. The number of carbonyl (C=O) groups is 3. The zero-order chi connectivity index (χ0) is 18.3. The SMILES string of the molecule is COCCOC(=O)c1c(C)[nH]c(C(=O)N[C@H](COC)C(N)=O)c1C. The number of nitrogens with one attached hydrogen (secondary N) is 2. The number of carbonyl (C=O) groups excluding carboxylic acids is 3. The van der Waals surface area contributed by atoms with Crippen molar-refractivity contribution in [1.29, 1.82) is 0 Å². The van der Waals surface area contributed by atoms with E-state index in [4.69, 9.17) is 19.9 Å². The van der Waals surface area contributed by atoms with Gasteiger partial charge in [0.1, 0.15) is 18.3 Å². The third-order valence-electron chi connectivity index (χ3n) is 3.37. The molecule has 0 fully saturated rings. The van der Waals surface area contributed by atoms with Gasteiger partial charge in [0.2, 0.25) is 5.91 Å². The van der Waals surface area contributed by atoms with Crippen molar-refractivity contribution in [2.45, 2.75) is 19.9 Å². The maximum atomic E-state index is 12.3. The highest BCUT2D eigenvalue weighted by Gasteiger charge is 2.25. The first kappa shape index (κ1) is 19.7. The van der Waals surface area contributed by atoms with Gasteiger partial charge in [0.05, 0.1) is 18.8 Å². The number of nitrogens with two attached hydrogens (primary N) is 1. The van der Waals surface area contributed by atoms with Gasteiger partial charge in [-0.25, -0.2) is 4.79 Å². The summed E-state index contributed by atoms with van der Waals surface area (Å²) >= 11 is 0. The van der Waals surface area contributed by atoms with Gasteiger partial charge in [0.15, 0.2) is 0 Å². The molecule has 1 aromatic rings. The molecule has 0 aromatic carbocycles. The lowest BCUT2D eigenvalue weighted by Crippen LogP contribution is -2.47. The molecule has 0 aliphatic rings. The summed E-state index contributed by atoms with van der Waals surface area (Å²) in [7, 11) is 2.89. The van der Waals surface area contributed by atoms with E-state index in [1.165, 1.54) is 14.2 Å². The van der Waals surface area contributed by atoms with Gasteiger partial charge in [0.25, 0.3) is 5.91 Å². The highest BCUT2D eigenvalue weighted by atomic mass is 16.6. The van der Waals surface area contributed by atoms with Crippen LogP contribution in [0.5, 0.6) is 0 Å². The molecule has 2 amide bonds. The Labute approximate surface area is 139 Å². The number of hydrogen-bond acceptors (Lipinski definition) is 6. The van der Waals surface area contributed by atoms with E-state index in [0.29, 0.717) is 11.3 Å². The first-order valence-electron chi connectivity index (χ1n) is 7.27. The van der Waals surface area contributed by atoms with E-state index in [1.54, 1.807) is 13.8 Å². The molecule has 0 saturated carbocycles. The topological polar surface area (TPSA) is 133 Å². The van der Waals surface area contributed by atoms with Crippen molar-refractivity contribution in [1.82, 2.24) is 10.3 Å². The van der Waals surface area contributed by atoms with Crippen molar-refractivity contribution >= 4 is 17.8 Å². The summed E-state index contributed by atoms with van der Waals surface area (Å²) in [6, 6.07) is -0.970. The molecule has 24 heavy (non-hydrogen) atoms. The Morgan fingerprint density at radius 3 is 2.38 bits per heavy atom. The second kappa shape index (κ2) is 9.04. The first-order chi connectivity index (χ1) is 11.3. The number of H-pyrrole nitrogens is 1. The van der Waals surface area contributed by atoms with Gasteiger partial charge in [-0.15, -0.1) is 0 Å². The van der Waals surface area contributed by atoms with Crippen LogP contribution in [-0.4, -0.2) is 62.8 Å². The Bertz CT molecular complexity index is 611. The Morgan fingerprint density at radius 1 is 1.17 bits per heavy atom. The van der Waals surface area contributed by atoms with Crippen LogP contribution in [0.15, 0.2) is 0 Å². The maximum Gasteiger partial charge on any atom is 0.340 e. The van der Waals surface area contributed by atoms with Gasteiger partial charge in [0, 0.05) is 19.9 Å². The number of hydrogen-bond donors (Lipinski definition) is 3. The lowest BCUT2D eigenvalue weighted by atomic mass is 10.1. The molecular formula is C15H23N3O6. The number of ether oxygens (including phenoxy) is 3. The molecule has 0 bridgehead atoms. The number of rotatable bonds is 9. The van der Waals surface area contributed by atoms with Crippen LogP contribution >= 0.6 is 0 Å². The van der Waals surface area contributed by atoms with Crippen molar-refractivity contribution < 1.29 is 28.6 Å². The molecule has 1 rings (SSSR count). The van der Waals surface area contributed by atoms with E-state index in [-0.39, 0.29) is 31.1 Å². The number of amides is 2. The van der Waals surface area contributed by atoms with Gasteiger partial charge in [-0.2, -0.15) is 0 Å². The van der Waals surface area contributed by atoms with Gasteiger partial charge in [-0.1, -0.05) is 0 Å². The summed E-state index contributed by atoms with van der Waals surface area (Å²) in [5, 5.41) is 2.46. The fourth-order valence-electron chi connectivity index (χ4n) is 2.17. The zero-order valence-corrected chi connectivity index (χ0v) is 14.2. The molecule has 1 aromatic heterocycles. The zero-order valence-electron chi connectivity index (χ0n) is 14.2. The van der Waals surface area contributed by atoms with Crippen molar-refractivity contribution in [3.8, 4) is 0 Å². The molecule has 0 radical (unpaired) electrons. The average Bonchev–Trinajstić information content (AvgIpc) is 2.81. The third kappa shape index (κ3) is 4.80. The van der Waals surface area contributed by atoms with E-state index in [2.05, 4.69) is 10.3 Å². The maximum absolute atomic E-state index is 12.3. The van der Waals surface area contributed by atoms with E-state index in [1.807, 2.05) is 0 Å². The minimum Gasteiger partial charge on any atom is -0.460 e.